The lowest BCUT2D eigenvalue weighted by molar-refractivity contribution is 0.0744. The molecule has 0 radical (unpaired) electrons. The molecule has 2 rings (SSSR count). The monoisotopic (exact) mass is 222 g/mol. The summed E-state index contributed by atoms with van der Waals surface area (Å²) < 4.78 is 13.6. The van der Waals surface area contributed by atoms with Gasteiger partial charge in [-0.15, -0.1) is 0 Å². The van der Waals surface area contributed by atoms with Crippen LogP contribution in [0.5, 0.6) is 0 Å². The van der Waals surface area contributed by atoms with Crippen LogP contribution in [0.3, 0.4) is 0 Å². The molecule has 1 aliphatic carbocycles. The van der Waals surface area contributed by atoms with E-state index in [9.17, 15) is 9.50 Å². The van der Waals surface area contributed by atoms with E-state index in [2.05, 4.69) is 0 Å². The van der Waals surface area contributed by atoms with Gasteiger partial charge in [0.05, 0.1) is 5.60 Å². The van der Waals surface area contributed by atoms with E-state index in [1.807, 2.05) is 12.1 Å². The summed E-state index contributed by atoms with van der Waals surface area (Å²) >= 11 is 0. The fourth-order valence-corrected chi connectivity index (χ4v) is 2.52. The molecule has 0 bridgehead atoms. The van der Waals surface area contributed by atoms with Crippen LogP contribution in [0.4, 0.5) is 4.39 Å². The standard InChI is InChI=1S/C14H19FO/c1-14(2,16)12-9-11(7-8-13(12)15)10-5-3-4-6-10/h7-10,16H,3-6H2,1-2H3. The second-order valence-electron chi connectivity index (χ2n) is 5.28. The maximum Gasteiger partial charge on any atom is 0.129 e. The summed E-state index contributed by atoms with van der Waals surface area (Å²) in [5.41, 5.74) is 0.492. The van der Waals surface area contributed by atoms with Gasteiger partial charge in [0.2, 0.25) is 0 Å². The molecule has 1 N–H and O–H groups in total. The number of hydrogen-bond acceptors (Lipinski definition) is 1. The van der Waals surface area contributed by atoms with Gasteiger partial charge in [0.1, 0.15) is 5.82 Å². The second-order valence-corrected chi connectivity index (χ2v) is 5.28. The van der Waals surface area contributed by atoms with Crippen LogP contribution in [0.25, 0.3) is 0 Å². The Kier molecular flexibility index (Phi) is 3.02. The lowest BCUT2D eigenvalue weighted by atomic mass is 9.90. The first-order chi connectivity index (χ1) is 7.48. The van der Waals surface area contributed by atoms with Gasteiger partial charge in [0.25, 0.3) is 0 Å². The fraction of sp³-hybridized carbons (Fsp3) is 0.571. The van der Waals surface area contributed by atoms with Crippen LogP contribution in [-0.2, 0) is 5.60 Å². The van der Waals surface area contributed by atoms with Crippen LogP contribution in [0, 0.1) is 5.82 Å². The van der Waals surface area contributed by atoms with Gasteiger partial charge in [-0.25, -0.2) is 4.39 Å². The molecule has 0 aliphatic heterocycles. The molecule has 0 amide bonds. The molecule has 1 nitrogen and oxygen atoms in total. The van der Waals surface area contributed by atoms with Gasteiger partial charge in [-0.3, -0.25) is 0 Å². The third-order valence-corrected chi connectivity index (χ3v) is 3.48. The van der Waals surface area contributed by atoms with Crippen molar-refractivity contribution in [3.05, 3.63) is 35.1 Å². The Bertz CT molecular complexity index is 373. The largest absolute Gasteiger partial charge is 0.386 e. The number of halogens is 1. The minimum Gasteiger partial charge on any atom is -0.386 e. The molecule has 0 aromatic heterocycles. The summed E-state index contributed by atoms with van der Waals surface area (Å²) in [4.78, 5) is 0. The Hall–Kier alpha value is -0.890. The van der Waals surface area contributed by atoms with E-state index in [0.717, 1.165) is 0 Å². The molecule has 0 heterocycles. The number of aliphatic hydroxyl groups is 1. The summed E-state index contributed by atoms with van der Waals surface area (Å²) in [6, 6.07) is 5.19. The van der Waals surface area contributed by atoms with Crippen LogP contribution in [0.15, 0.2) is 18.2 Å². The average Bonchev–Trinajstić information content (AvgIpc) is 2.69. The first-order valence-electron chi connectivity index (χ1n) is 6.01. The van der Waals surface area contributed by atoms with Crippen LogP contribution in [-0.4, -0.2) is 5.11 Å². The molecule has 1 fully saturated rings. The van der Waals surface area contributed by atoms with E-state index < -0.39 is 5.60 Å². The number of benzene rings is 1. The Labute approximate surface area is 96.3 Å². The van der Waals surface area contributed by atoms with Gasteiger partial charge in [-0.2, -0.15) is 0 Å². The summed E-state index contributed by atoms with van der Waals surface area (Å²) in [6.45, 7) is 3.26. The van der Waals surface area contributed by atoms with Crippen LogP contribution < -0.4 is 0 Å². The van der Waals surface area contributed by atoms with Crippen molar-refractivity contribution in [1.29, 1.82) is 0 Å². The summed E-state index contributed by atoms with van der Waals surface area (Å²) in [6.07, 6.45) is 4.91. The van der Waals surface area contributed by atoms with Crippen LogP contribution in [0.2, 0.25) is 0 Å². The van der Waals surface area contributed by atoms with Gasteiger partial charge in [-0.1, -0.05) is 18.9 Å². The van der Waals surface area contributed by atoms with E-state index >= 15 is 0 Å². The Morgan fingerprint density at radius 3 is 2.44 bits per heavy atom. The predicted octanol–water partition coefficient (Wildman–Crippen LogP) is 3.71. The highest BCUT2D eigenvalue weighted by Gasteiger charge is 2.23. The molecule has 2 heteroatoms. The van der Waals surface area contributed by atoms with E-state index in [-0.39, 0.29) is 5.82 Å². The molecule has 1 saturated carbocycles. The summed E-state index contributed by atoms with van der Waals surface area (Å²) in [5, 5.41) is 9.90. The highest BCUT2D eigenvalue weighted by Crippen LogP contribution is 2.36. The molecule has 0 spiro atoms. The fourth-order valence-electron chi connectivity index (χ4n) is 2.52. The molecule has 1 aromatic carbocycles. The quantitative estimate of drug-likeness (QED) is 0.808. The van der Waals surface area contributed by atoms with Crippen molar-refractivity contribution in [2.24, 2.45) is 0 Å². The van der Waals surface area contributed by atoms with Crippen molar-refractivity contribution >= 4 is 0 Å². The molecule has 16 heavy (non-hydrogen) atoms. The van der Waals surface area contributed by atoms with Gasteiger partial charge in [0, 0.05) is 5.56 Å². The van der Waals surface area contributed by atoms with Gasteiger partial charge in [-0.05, 0) is 50.3 Å². The zero-order valence-electron chi connectivity index (χ0n) is 9.96. The van der Waals surface area contributed by atoms with E-state index in [1.165, 1.54) is 37.3 Å². The minimum atomic E-state index is -1.10. The third kappa shape index (κ3) is 2.27. The molecule has 88 valence electrons. The number of hydrogen-bond donors (Lipinski definition) is 1. The first-order valence-corrected chi connectivity index (χ1v) is 6.01. The van der Waals surface area contributed by atoms with Gasteiger partial charge < -0.3 is 5.11 Å². The molecular formula is C14H19FO. The maximum atomic E-state index is 13.6. The zero-order chi connectivity index (χ0) is 11.8. The predicted molar refractivity (Wildman–Crippen MR) is 62.9 cm³/mol. The SMILES string of the molecule is CC(C)(O)c1cc(C2CCCC2)ccc1F. The topological polar surface area (TPSA) is 20.2 Å². The van der Waals surface area contributed by atoms with Crippen molar-refractivity contribution in [1.82, 2.24) is 0 Å². The molecule has 0 unspecified atom stereocenters. The number of rotatable bonds is 2. The lowest BCUT2D eigenvalue weighted by Gasteiger charge is -2.21. The Morgan fingerprint density at radius 1 is 1.25 bits per heavy atom. The van der Waals surface area contributed by atoms with Crippen molar-refractivity contribution in [2.45, 2.75) is 51.0 Å². The molecule has 1 aromatic rings. The molecule has 1 aliphatic rings. The normalized spacial score (nSPS) is 18.0. The smallest absolute Gasteiger partial charge is 0.129 e. The van der Waals surface area contributed by atoms with Crippen LogP contribution in [0.1, 0.15) is 56.6 Å². The summed E-state index contributed by atoms with van der Waals surface area (Å²) in [7, 11) is 0. The Morgan fingerprint density at radius 2 is 1.88 bits per heavy atom. The van der Waals surface area contributed by atoms with Crippen molar-refractivity contribution in [2.75, 3.05) is 0 Å². The highest BCUT2D eigenvalue weighted by molar-refractivity contribution is 5.31. The van der Waals surface area contributed by atoms with E-state index in [4.69, 9.17) is 0 Å². The minimum absolute atomic E-state index is 0.311. The molecular weight excluding hydrogens is 203 g/mol. The maximum absolute atomic E-state index is 13.6. The zero-order valence-corrected chi connectivity index (χ0v) is 9.96. The Balaban J connectivity index is 2.35. The molecule has 0 atom stereocenters. The van der Waals surface area contributed by atoms with Gasteiger partial charge in [0.15, 0.2) is 0 Å². The highest BCUT2D eigenvalue weighted by atomic mass is 19.1. The van der Waals surface area contributed by atoms with Gasteiger partial charge >= 0.3 is 0 Å². The van der Waals surface area contributed by atoms with E-state index in [0.29, 0.717) is 11.5 Å². The second kappa shape index (κ2) is 4.17. The molecule has 0 saturated heterocycles. The van der Waals surface area contributed by atoms with Crippen molar-refractivity contribution in [3.63, 3.8) is 0 Å². The summed E-state index contributed by atoms with van der Waals surface area (Å²) in [5.74, 6) is 0.246. The first kappa shape index (κ1) is 11.6. The van der Waals surface area contributed by atoms with Crippen molar-refractivity contribution < 1.29 is 9.50 Å². The van der Waals surface area contributed by atoms with Crippen molar-refractivity contribution in [3.8, 4) is 0 Å². The lowest BCUT2D eigenvalue weighted by Crippen LogP contribution is -2.18. The van der Waals surface area contributed by atoms with E-state index in [1.54, 1.807) is 13.8 Å². The average molecular weight is 222 g/mol. The van der Waals surface area contributed by atoms with Crippen LogP contribution >= 0.6 is 0 Å². The third-order valence-electron chi connectivity index (χ3n) is 3.48.